The van der Waals surface area contributed by atoms with Crippen molar-refractivity contribution in [3.05, 3.63) is 52.6 Å². The van der Waals surface area contributed by atoms with Crippen molar-refractivity contribution in [2.75, 3.05) is 26.8 Å². The number of benzene rings is 1. The monoisotopic (exact) mass is 518 g/mol. The second kappa shape index (κ2) is 15.7. The number of aliphatic hydroxyl groups excluding tert-OH is 1. The van der Waals surface area contributed by atoms with E-state index in [1.54, 1.807) is 27.7 Å². The molecule has 0 aliphatic rings. The summed E-state index contributed by atoms with van der Waals surface area (Å²) in [6.45, 7) is 11.8. The van der Waals surface area contributed by atoms with Crippen molar-refractivity contribution in [3.8, 4) is 5.75 Å². The third-order valence-corrected chi connectivity index (χ3v) is 5.23. The number of methoxy groups -OCH3 is 1. The molecule has 1 aromatic rings. The Balaban J connectivity index is 2.73. The Morgan fingerprint density at radius 1 is 1.11 bits per heavy atom. The van der Waals surface area contributed by atoms with Crippen LogP contribution in [0.5, 0.6) is 5.75 Å². The van der Waals surface area contributed by atoms with Crippen LogP contribution in [0.15, 0.2) is 41.5 Å². The van der Waals surface area contributed by atoms with E-state index in [2.05, 4.69) is 16.7 Å². The van der Waals surface area contributed by atoms with Gasteiger partial charge in [0, 0.05) is 13.1 Å². The first-order valence-electron chi connectivity index (χ1n) is 12.6. The van der Waals surface area contributed by atoms with E-state index in [-0.39, 0.29) is 23.4 Å². The van der Waals surface area contributed by atoms with E-state index in [9.17, 15) is 19.5 Å². The van der Waals surface area contributed by atoms with Gasteiger partial charge in [-0.25, -0.2) is 9.59 Å². The maximum Gasteiger partial charge on any atom is 0.407 e. The zero-order chi connectivity index (χ0) is 28.0. The number of ether oxygens (including phenoxy) is 3. The van der Waals surface area contributed by atoms with Gasteiger partial charge in [-0.1, -0.05) is 19.1 Å². The first-order chi connectivity index (χ1) is 17.4. The predicted octanol–water partition coefficient (Wildman–Crippen LogP) is 4.55. The average Bonchev–Trinajstić information content (AvgIpc) is 2.84. The second-order valence-corrected chi connectivity index (χ2v) is 9.35. The van der Waals surface area contributed by atoms with Crippen molar-refractivity contribution in [3.63, 3.8) is 0 Å². The van der Waals surface area contributed by atoms with Crippen LogP contribution in [0.3, 0.4) is 0 Å². The van der Waals surface area contributed by atoms with Crippen molar-refractivity contribution in [2.45, 2.75) is 72.5 Å². The van der Waals surface area contributed by atoms with Gasteiger partial charge in [0.05, 0.1) is 30.9 Å². The van der Waals surface area contributed by atoms with Crippen LogP contribution in [-0.4, -0.2) is 61.6 Å². The smallest absolute Gasteiger partial charge is 0.407 e. The number of allylic oxidation sites excluding steroid dienone is 2. The molecule has 1 atom stereocenters. The molecule has 0 spiro atoms. The van der Waals surface area contributed by atoms with E-state index >= 15 is 0 Å². The maximum absolute atomic E-state index is 12.7. The molecule has 206 valence electrons. The molecular formula is C28H42N2O7. The lowest BCUT2D eigenvalue weighted by Crippen LogP contribution is -2.34. The van der Waals surface area contributed by atoms with Crippen LogP contribution in [0.25, 0.3) is 0 Å². The van der Waals surface area contributed by atoms with Crippen molar-refractivity contribution in [2.24, 2.45) is 0 Å². The van der Waals surface area contributed by atoms with Gasteiger partial charge in [-0.05, 0) is 83.2 Å². The normalized spacial score (nSPS) is 13.0. The molecule has 1 aromatic carbocycles. The van der Waals surface area contributed by atoms with Gasteiger partial charge in [-0.2, -0.15) is 0 Å². The molecule has 9 heteroatoms. The molecular weight excluding hydrogens is 476 g/mol. The minimum atomic E-state index is -0.786. The van der Waals surface area contributed by atoms with E-state index in [1.807, 2.05) is 19.9 Å². The van der Waals surface area contributed by atoms with E-state index in [4.69, 9.17) is 14.2 Å². The highest BCUT2D eigenvalue weighted by atomic mass is 16.6. The number of amides is 2. The molecule has 0 saturated heterocycles. The standard InChI is InChI=1S/C28H42N2O7/c1-8-11-20(19(9-2)17-30-27(34)37-28(4,5)6)12-14-22(31)18-29-25(32)23-15-13-21(26(33)35-7)16-24(23)36-10-3/h9,11,13,15-16,22,31H,8,10,12,14,17-18H2,1-7H3,(H,29,32)(H,30,34)/b19-9-,20-11-. The van der Waals surface area contributed by atoms with Crippen molar-refractivity contribution >= 4 is 18.0 Å². The highest BCUT2D eigenvalue weighted by Crippen LogP contribution is 2.22. The highest BCUT2D eigenvalue weighted by molar-refractivity contribution is 5.99. The van der Waals surface area contributed by atoms with Gasteiger partial charge < -0.3 is 30.0 Å². The number of nitrogens with one attached hydrogen (secondary N) is 2. The van der Waals surface area contributed by atoms with Gasteiger partial charge in [0.2, 0.25) is 0 Å². The van der Waals surface area contributed by atoms with Gasteiger partial charge in [0.15, 0.2) is 0 Å². The Morgan fingerprint density at radius 2 is 1.81 bits per heavy atom. The summed E-state index contributed by atoms with van der Waals surface area (Å²) in [5, 5.41) is 16.0. The van der Waals surface area contributed by atoms with E-state index < -0.39 is 29.7 Å². The first kappa shape index (κ1) is 31.7. The summed E-state index contributed by atoms with van der Waals surface area (Å²) in [4.78, 5) is 36.6. The lowest BCUT2D eigenvalue weighted by Gasteiger charge is -2.21. The summed E-state index contributed by atoms with van der Waals surface area (Å²) in [5.74, 6) is -0.680. The number of aliphatic hydroxyl groups is 1. The number of carbonyl (C=O) groups excluding carboxylic acids is 3. The largest absolute Gasteiger partial charge is 0.493 e. The van der Waals surface area contributed by atoms with Crippen LogP contribution < -0.4 is 15.4 Å². The zero-order valence-electron chi connectivity index (χ0n) is 23.1. The molecule has 0 radical (unpaired) electrons. The molecule has 2 amide bonds. The Morgan fingerprint density at radius 3 is 2.38 bits per heavy atom. The molecule has 1 unspecified atom stereocenters. The number of rotatable bonds is 13. The van der Waals surface area contributed by atoms with Gasteiger partial charge in [0.25, 0.3) is 5.91 Å². The minimum Gasteiger partial charge on any atom is -0.493 e. The quantitative estimate of drug-likeness (QED) is 0.259. The Labute approximate surface area is 220 Å². The lowest BCUT2D eigenvalue weighted by molar-refractivity contribution is 0.0531. The molecule has 0 saturated carbocycles. The summed E-state index contributed by atoms with van der Waals surface area (Å²) in [5.41, 5.74) is 1.92. The topological polar surface area (TPSA) is 123 Å². The summed E-state index contributed by atoms with van der Waals surface area (Å²) in [7, 11) is 1.28. The van der Waals surface area contributed by atoms with Crippen molar-refractivity contribution in [1.82, 2.24) is 10.6 Å². The molecule has 9 nitrogen and oxygen atoms in total. The second-order valence-electron chi connectivity index (χ2n) is 9.35. The summed E-state index contributed by atoms with van der Waals surface area (Å²) >= 11 is 0. The average molecular weight is 519 g/mol. The van der Waals surface area contributed by atoms with Crippen LogP contribution in [0.1, 0.15) is 81.5 Å². The fourth-order valence-electron chi connectivity index (χ4n) is 3.48. The third-order valence-electron chi connectivity index (χ3n) is 5.23. The Hall–Kier alpha value is -3.33. The minimum absolute atomic E-state index is 0.0455. The summed E-state index contributed by atoms with van der Waals surface area (Å²) in [6, 6.07) is 4.45. The molecule has 3 N–H and O–H groups in total. The summed E-state index contributed by atoms with van der Waals surface area (Å²) < 4.78 is 15.5. The molecule has 0 aliphatic carbocycles. The zero-order valence-corrected chi connectivity index (χ0v) is 23.1. The van der Waals surface area contributed by atoms with E-state index in [1.165, 1.54) is 25.3 Å². The van der Waals surface area contributed by atoms with Crippen LogP contribution in [0.2, 0.25) is 0 Å². The van der Waals surface area contributed by atoms with Crippen LogP contribution in [-0.2, 0) is 9.47 Å². The number of carbonyl (C=O) groups is 3. The summed E-state index contributed by atoms with van der Waals surface area (Å²) in [6.07, 6.45) is 4.50. The molecule has 1 rings (SSSR count). The van der Waals surface area contributed by atoms with Gasteiger partial charge in [-0.3, -0.25) is 4.79 Å². The molecule has 0 fully saturated rings. The maximum atomic E-state index is 12.7. The lowest BCUT2D eigenvalue weighted by atomic mass is 9.97. The first-order valence-corrected chi connectivity index (χ1v) is 12.6. The predicted molar refractivity (Wildman–Crippen MR) is 143 cm³/mol. The number of hydrogen-bond acceptors (Lipinski definition) is 7. The Kier molecular flexibility index (Phi) is 13.5. The molecule has 0 bridgehead atoms. The molecule has 37 heavy (non-hydrogen) atoms. The van der Waals surface area contributed by atoms with Crippen LogP contribution >= 0.6 is 0 Å². The third kappa shape index (κ3) is 11.5. The van der Waals surface area contributed by atoms with Crippen LogP contribution in [0.4, 0.5) is 4.79 Å². The highest BCUT2D eigenvalue weighted by Gasteiger charge is 2.19. The van der Waals surface area contributed by atoms with E-state index in [0.29, 0.717) is 26.0 Å². The van der Waals surface area contributed by atoms with Crippen LogP contribution in [0, 0.1) is 0 Å². The molecule has 0 heterocycles. The molecule has 0 aliphatic heterocycles. The number of hydrogen-bond donors (Lipinski definition) is 3. The molecule has 0 aromatic heterocycles. The SMILES string of the molecule is C/C=C(CNC(=O)OC(C)(C)C)\C(=C/CC)CCC(O)CNC(=O)c1ccc(C(=O)OC)cc1OCC. The van der Waals surface area contributed by atoms with Crippen molar-refractivity contribution < 1.29 is 33.7 Å². The number of alkyl carbamates (subject to hydrolysis) is 1. The van der Waals surface area contributed by atoms with Gasteiger partial charge in [0.1, 0.15) is 11.4 Å². The van der Waals surface area contributed by atoms with E-state index in [0.717, 1.165) is 17.6 Å². The fraction of sp³-hybridized carbons (Fsp3) is 0.536. The fourth-order valence-corrected chi connectivity index (χ4v) is 3.48. The Bertz CT molecular complexity index is 977. The number of esters is 1. The van der Waals surface area contributed by atoms with Gasteiger partial charge >= 0.3 is 12.1 Å². The van der Waals surface area contributed by atoms with Crippen molar-refractivity contribution in [1.29, 1.82) is 0 Å². The van der Waals surface area contributed by atoms with Gasteiger partial charge in [-0.15, -0.1) is 0 Å².